The number of carbonyl (C=O) groups is 1. The van der Waals surface area contributed by atoms with Crippen molar-refractivity contribution in [3.63, 3.8) is 0 Å². The Balaban J connectivity index is 2.62. The Bertz CT molecular complexity index is 338. The van der Waals surface area contributed by atoms with Gasteiger partial charge in [0.25, 0.3) is 0 Å². The van der Waals surface area contributed by atoms with Gasteiger partial charge in [-0.15, -0.1) is 6.42 Å². The lowest BCUT2D eigenvalue weighted by molar-refractivity contribution is -0.127. The van der Waals surface area contributed by atoms with Crippen LogP contribution in [0.2, 0.25) is 18.1 Å². The van der Waals surface area contributed by atoms with Gasteiger partial charge in [0.2, 0.25) is 5.91 Å². The molecular formula is C13H23NO2Si. The zero-order valence-corrected chi connectivity index (χ0v) is 12.5. The predicted molar refractivity (Wildman–Crippen MR) is 72.1 cm³/mol. The molecule has 1 heterocycles. The van der Waals surface area contributed by atoms with Crippen LogP contribution in [0.15, 0.2) is 0 Å². The van der Waals surface area contributed by atoms with E-state index in [1.807, 2.05) is 0 Å². The average molecular weight is 253 g/mol. The molecule has 3 nitrogen and oxygen atoms in total. The highest BCUT2D eigenvalue weighted by atomic mass is 28.4. The number of terminal acetylenes is 1. The summed E-state index contributed by atoms with van der Waals surface area (Å²) in [6.07, 6.45) is 5.74. The van der Waals surface area contributed by atoms with E-state index in [1.165, 1.54) is 0 Å². The maximum absolute atomic E-state index is 11.7. The van der Waals surface area contributed by atoms with Crippen molar-refractivity contribution in [3.8, 4) is 12.3 Å². The second-order valence-corrected chi connectivity index (χ2v) is 10.9. The highest BCUT2D eigenvalue weighted by molar-refractivity contribution is 6.74. The van der Waals surface area contributed by atoms with Gasteiger partial charge in [-0.2, -0.15) is 0 Å². The van der Waals surface area contributed by atoms with E-state index >= 15 is 0 Å². The van der Waals surface area contributed by atoms with Crippen molar-refractivity contribution in [3.05, 3.63) is 0 Å². The maximum Gasteiger partial charge on any atom is 0.226 e. The predicted octanol–water partition coefficient (Wildman–Crippen LogP) is 2.24. The van der Waals surface area contributed by atoms with Crippen LogP contribution < -0.4 is 0 Å². The van der Waals surface area contributed by atoms with Gasteiger partial charge in [0, 0.05) is 6.54 Å². The molecule has 4 heteroatoms. The third kappa shape index (κ3) is 3.33. The molecule has 0 spiro atoms. The van der Waals surface area contributed by atoms with E-state index in [9.17, 15) is 4.79 Å². The molecule has 0 aromatic carbocycles. The van der Waals surface area contributed by atoms with Gasteiger partial charge >= 0.3 is 0 Å². The van der Waals surface area contributed by atoms with Crippen LogP contribution in [0, 0.1) is 12.3 Å². The van der Waals surface area contributed by atoms with E-state index in [4.69, 9.17) is 10.8 Å². The highest BCUT2D eigenvalue weighted by Crippen LogP contribution is 2.38. The summed E-state index contributed by atoms with van der Waals surface area (Å²) in [5.74, 6) is 2.63. The van der Waals surface area contributed by atoms with E-state index in [1.54, 1.807) is 4.90 Å². The summed E-state index contributed by atoms with van der Waals surface area (Å²) in [7, 11) is -1.78. The lowest BCUT2D eigenvalue weighted by Crippen LogP contribution is -2.44. The standard InChI is InChI=1S/C13H23NO2Si/c1-7-8-14-10-11(9-12(14)15)16-17(5,6)13(2,3)4/h1,11H,8-10H2,2-6H3. The largest absolute Gasteiger partial charge is 0.412 e. The maximum atomic E-state index is 11.7. The summed E-state index contributed by atoms with van der Waals surface area (Å²) in [6.45, 7) is 12.1. The van der Waals surface area contributed by atoms with Crippen LogP contribution in [0.25, 0.3) is 0 Å². The molecule has 1 atom stereocenters. The Kier molecular flexibility index (Phi) is 4.05. The number of amides is 1. The molecule has 96 valence electrons. The molecule has 0 aromatic rings. The van der Waals surface area contributed by atoms with Gasteiger partial charge in [-0.1, -0.05) is 26.7 Å². The Labute approximate surface area is 106 Å². The first-order valence-electron chi connectivity index (χ1n) is 6.06. The normalized spacial score (nSPS) is 21.8. The first-order chi connectivity index (χ1) is 7.67. The third-order valence-electron chi connectivity index (χ3n) is 3.73. The molecule has 0 saturated carbocycles. The minimum atomic E-state index is -1.78. The lowest BCUT2D eigenvalue weighted by atomic mass is 10.2. The molecule has 1 unspecified atom stereocenters. The highest BCUT2D eigenvalue weighted by Gasteiger charge is 2.41. The molecule has 0 N–H and O–H groups in total. The zero-order valence-electron chi connectivity index (χ0n) is 11.5. The molecule has 0 radical (unpaired) electrons. The zero-order chi connectivity index (χ0) is 13.3. The second kappa shape index (κ2) is 4.83. The van der Waals surface area contributed by atoms with Gasteiger partial charge in [-0.05, 0) is 18.1 Å². The average Bonchev–Trinajstić information content (AvgIpc) is 2.44. The minimum absolute atomic E-state index is 0.0248. The molecule has 17 heavy (non-hydrogen) atoms. The summed E-state index contributed by atoms with van der Waals surface area (Å²) >= 11 is 0. The van der Waals surface area contributed by atoms with E-state index in [0.717, 1.165) is 0 Å². The second-order valence-electron chi connectivity index (χ2n) is 6.18. The Morgan fingerprint density at radius 1 is 1.53 bits per heavy atom. The molecule has 1 rings (SSSR count). The molecule has 1 amide bonds. The van der Waals surface area contributed by atoms with Crippen LogP contribution in [-0.4, -0.2) is 38.3 Å². The Hall–Kier alpha value is -0.793. The van der Waals surface area contributed by atoms with Gasteiger partial charge in [0.05, 0.1) is 19.1 Å². The SMILES string of the molecule is C#CCN1CC(O[Si](C)(C)C(C)(C)C)CC1=O. The van der Waals surface area contributed by atoms with Gasteiger partial charge in [-0.3, -0.25) is 4.79 Å². The van der Waals surface area contributed by atoms with E-state index < -0.39 is 8.32 Å². The number of hydrogen-bond acceptors (Lipinski definition) is 2. The van der Waals surface area contributed by atoms with Crippen LogP contribution in [0.5, 0.6) is 0 Å². The molecule has 1 aliphatic heterocycles. The molecule has 1 saturated heterocycles. The summed E-state index contributed by atoms with van der Waals surface area (Å²) in [4.78, 5) is 13.4. The smallest absolute Gasteiger partial charge is 0.226 e. The fourth-order valence-corrected chi connectivity index (χ4v) is 3.02. The fourth-order valence-electron chi connectivity index (χ4n) is 1.67. The van der Waals surface area contributed by atoms with Crippen molar-refractivity contribution >= 4 is 14.2 Å². The van der Waals surface area contributed by atoms with Crippen molar-refractivity contribution < 1.29 is 9.22 Å². The number of carbonyl (C=O) groups excluding carboxylic acids is 1. The van der Waals surface area contributed by atoms with Crippen LogP contribution in [0.3, 0.4) is 0 Å². The van der Waals surface area contributed by atoms with Crippen LogP contribution in [-0.2, 0) is 9.22 Å². The van der Waals surface area contributed by atoms with Crippen LogP contribution in [0.4, 0.5) is 0 Å². The fraction of sp³-hybridized carbons (Fsp3) is 0.769. The van der Waals surface area contributed by atoms with Gasteiger partial charge in [0.1, 0.15) is 0 Å². The van der Waals surface area contributed by atoms with E-state index in [0.29, 0.717) is 19.5 Å². The topological polar surface area (TPSA) is 29.5 Å². The van der Waals surface area contributed by atoms with Crippen LogP contribution >= 0.6 is 0 Å². The Morgan fingerprint density at radius 3 is 2.59 bits per heavy atom. The first kappa shape index (κ1) is 14.3. The lowest BCUT2D eigenvalue weighted by Gasteiger charge is -2.38. The van der Waals surface area contributed by atoms with E-state index in [-0.39, 0.29) is 17.0 Å². The number of hydrogen-bond donors (Lipinski definition) is 0. The third-order valence-corrected chi connectivity index (χ3v) is 8.26. The summed E-state index contributed by atoms with van der Waals surface area (Å²) < 4.78 is 6.22. The summed E-state index contributed by atoms with van der Waals surface area (Å²) in [5.41, 5.74) is 0. The monoisotopic (exact) mass is 253 g/mol. The Morgan fingerprint density at radius 2 is 2.12 bits per heavy atom. The summed E-state index contributed by atoms with van der Waals surface area (Å²) in [6, 6.07) is 0. The van der Waals surface area contributed by atoms with E-state index in [2.05, 4.69) is 39.8 Å². The number of rotatable bonds is 3. The van der Waals surface area contributed by atoms with Crippen LogP contribution in [0.1, 0.15) is 27.2 Å². The quantitative estimate of drug-likeness (QED) is 0.570. The first-order valence-corrected chi connectivity index (χ1v) is 8.97. The molecular weight excluding hydrogens is 230 g/mol. The molecule has 1 fully saturated rings. The van der Waals surface area contributed by atoms with Crippen molar-refractivity contribution in [1.82, 2.24) is 4.90 Å². The molecule has 1 aliphatic rings. The van der Waals surface area contributed by atoms with Gasteiger partial charge in [0.15, 0.2) is 8.32 Å². The van der Waals surface area contributed by atoms with Crippen molar-refractivity contribution in [1.29, 1.82) is 0 Å². The molecule has 0 aliphatic carbocycles. The van der Waals surface area contributed by atoms with Crippen molar-refractivity contribution in [2.75, 3.05) is 13.1 Å². The van der Waals surface area contributed by atoms with Gasteiger partial charge < -0.3 is 9.33 Å². The van der Waals surface area contributed by atoms with Crippen molar-refractivity contribution in [2.45, 2.75) is 51.4 Å². The number of likely N-dealkylation sites (tertiary alicyclic amines) is 1. The van der Waals surface area contributed by atoms with Crippen molar-refractivity contribution in [2.24, 2.45) is 0 Å². The summed E-state index contributed by atoms with van der Waals surface area (Å²) in [5, 5.41) is 0.176. The molecule has 0 aromatic heterocycles. The number of nitrogens with zero attached hydrogens (tertiary/aromatic N) is 1. The molecule has 0 bridgehead atoms. The minimum Gasteiger partial charge on any atom is -0.412 e. The van der Waals surface area contributed by atoms with Gasteiger partial charge in [-0.25, -0.2) is 0 Å².